The number of nitrogens with one attached hydrogen (secondary N) is 2. The molecule has 3 aromatic rings. The van der Waals surface area contributed by atoms with Gasteiger partial charge >= 0.3 is 12.1 Å². The molecular weight excluding hydrogens is 751 g/mol. The van der Waals surface area contributed by atoms with Crippen molar-refractivity contribution in [2.24, 2.45) is 5.73 Å². The predicted octanol–water partition coefficient (Wildman–Crippen LogP) is 0.379. The van der Waals surface area contributed by atoms with E-state index in [1.54, 1.807) is 0 Å². The highest BCUT2D eigenvalue weighted by Crippen LogP contribution is 2.34. The molecule has 1 amide bonds. The van der Waals surface area contributed by atoms with Crippen LogP contribution in [-0.2, 0) is 30.3 Å². The van der Waals surface area contributed by atoms with Crippen LogP contribution < -0.4 is 36.7 Å². The van der Waals surface area contributed by atoms with E-state index in [1.807, 2.05) is 29.2 Å². The number of carbonyl (C=O) groups excluding carboxylic acids is 1. The Bertz CT molecular complexity index is 1940. The molecule has 1 aromatic heterocycles. The Morgan fingerprint density at radius 2 is 1.68 bits per heavy atom. The molecule has 0 unspecified atom stereocenters. The summed E-state index contributed by atoms with van der Waals surface area (Å²) in [6.45, 7) is 1.92. The summed E-state index contributed by atoms with van der Waals surface area (Å²) in [5, 5.41) is 35.4. The van der Waals surface area contributed by atoms with E-state index in [9.17, 15) is 42.9 Å². The van der Waals surface area contributed by atoms with Crippen molar-refractivity contribution in [2.45, 2.75) is 81.0 Å². The Morgan fingerprint density at radius 3 is 2.30 bits per heavy atom. The van der Waals surface area contributed by atoms with Crippen molar-refractivity contribution < 1.29 is 61.7 Å². The van der Waals surface area contributed by atoms with Crippen molar-refractivity contribution in [3.8, 4) is 11.5 Å². The summed E-state index contributed by atoms with van der Waals surface area (Å²) in [7, 11) is 1.23. The zero-order valence-electron chi connectivity index (χ0n) is 29.9. The number of aliphatic hydroxyl groups is 3. The largest absolute Gasteiger partial charge is 0.573 e. The van der Waals surface area contributed by atoms with Gasteiger partial charge in [-0.1, -0.05) is 12.1 Å². The lowest BCUT2D eigenvalue weighted by Crippen LogP contribution is -2.53. The van der Waals surface area contributed by atoms with Crippen molar-refractivity contribution in [2.75, 3.05) is 31.6 Å². The Hall–Kier alpha value is -4.96. The number of alkyl halides is 3. The number of ether oxygens (including phenoxy) is 6. The third-order valence-corrected chi connectivity index (χ3v) is 9.49. The van der Waals surface area contributed by atoms with Crippen molar-refractivity contribution in [1.29, 1.82) is 0 Å². The van der Waals surface area contributed by atoms with E-state index in [0.717, 1.165) is 28.1 Å². The Balaban J connectivity index is 0.985. The first-order chi connectivity index (χ1) is 26.7. The maximum atomic E-state index is 12.6. The number of rotatable bonds is 14. The van der Waals surface area contributed by atoms with Gasteiger partial charge in [0.2, 0.25) is 12.2 Å². The molecule has 0 saturated carbocycles. The number of halogens is 3. The first-order valence-corrected chi connectivity index (χ1v) is 17.6. The Labute approximate surface area is 316 Å². The molecule has 0 aliphatic carbocycles. The summed E-state index contributed by atoms with van der Waals surface area (Å²) >= 11 is 0. The van der Waals surface area contributed by atoms with Gasteiger partial charge in [-0.05, 0) is 48.0 Å². The van der Waals surface area contributed by atoms with Crippen molar-refractivity contribution in [1.82, 2.24) is 14.9 Å². The molecule has 2 saturated heterocycles. The van der Waals surface area contributed by atoms with E-state index in [0.29, 0.717) is 38.2 Å². The van der Waals surface area contributed by atoms with E-state index in [4.69, 9.17) is 29.4 Å². The summed E-state index contributed by atoms with van der Waals surface area (Å²) in [6.07, 6.45) is -13.0. The number of hydrogen-bond acceptors (Lipinski definition) is 14. The topological polar surface area (TPSA) is 229 Å². The van der Waals surface area contributed by atoms with Crippen LogP contribution in [0.15, 0.2) is 82.2 Å². The van der Waals surface area contributed by atoms with Crippen LogP contribution in [0.2, 0.25) is 0 Å². The molecule has 20 heteroatoms. The van der Waals surface area contributed by atoms with Gasteiger partial charge in [-0.3, -0.25) is 19.1 Å². The fourth-order valence-corrected chi connectivity index (χ4v) is 6.72. The number of nitrogens with two attached hydrogens (primary N) is 1. The number of piperidine rings is 1. The minimum absolute atomic E-state index is 0.0915. The summed E-state index contributed by atoms with van der Waals surface area (Å²) in [5.41, 5.74) is 6.01. The number of aromatic amines is 1. The molecule has 6 rings (SSSR count). The second kappa shape index (κ2) is 17.5. The molecule has 7 N–H and O–H groups in total. The van der Waals surface area contributed by atoms with Crippen LogP contribution in [0, 0.1) is 0 Å². The number of primary amides is 1. The van der Waals surface area contributed by atoms with Crippen LogP contribution in [0.3, 0.4) is 0 Å². The van der Waals surface area contributed by atoms with Gasteiger partial charge in [0.25, 0.3) is 5.56 Å². The van der Waals surface area contributed by atoms with Crippen LogP contribution >= 0.6 is 0 Å². The number of amides is 1. The molecule has 2 fully saturated rings. The fourth-order valence-electron chi connectivity index (χ4n) is 6.72. The number of H-pyrrole nitrogens is 1. The first kappa shape index (κ1) is 40.7. The van der Waals surface area contributed by atoms with Gasteiger partial charge in [0.05, 0.1) is 6.54 Å². The van der Waals surface area contributed by atoms with E-state index in [1.165, 1.54) is 37.5 Å². The lowest BCUT2D eigenvalue weighted by Gasteiger charge is -2.35. The molecule has 3 aliphatic heterocycles. The Morgan fingerprint density at radius 1 is 1.00 bits per heavy atom. The number of nitrogens with zero attached hydrogens (tertiary/aromatic N) is 2. The molecule has 304 valence electrons. The molecular formula is C36H42F3N5O12. The minimum atomic E-state index is -4.76. The predicted molar refractivity (Wildman–Crippen MR) is 188 cm³/mol. The zero-order chi connectivity index (χ0) is 40.1. The quantitative estimate of drug-likeness (QED) is 0.130. The molecule has 0 bridgehead atoms. The normalized spacial score (nSPS) is 26.3. The molecule has 0 radical (unpaired) electrons. The second-order valence-corrected chi connectivity index (χ2v) is 13.4. The van der Waals surface area contributed by atoms with Crippen molar-refractivity contribution >= 4 is 11.6 Å². The van der Waals surface area contributed by atoms with E-state index < -0.39 is 72.7 Å². The van der Waals surface area contributed by atoms with Gasteiger partial charge in [-0.25, -0.2) is 4.79 Å². The smallest absolute Gasteiger partial charge is 0.490 e. The minimum Gasteiger partial charge on any atom is -0.490 e. The highest BCUT2D eigenvalue weighted by Gasteiger charge is 2.52. The van der Waals surface area contributed by atoms with Crippen molar-refractivity contribution in [3.63, 3.8) is 0 Å². The zero-order valence-corrected chi connectivity index (χ0v) is 29.9. The monoisotopic (exact) mass is 793 g/mol. The summed E-state index contributed by atoms with van der Waals surface area (Å²) in [6, 6.07) is 14.2. The molecule has 4 heterocycles. The maximum absolute atomic E-state index is 12.6. The lowest BCUT2D eigenvalue weighted by atomic mass is 10.0. The highest BCUT2D eigenvalue weighted by atomic mass is 19.4. The number of benzene rings is 2. The number of aliphatic hydroxyl groups excluding tert-OH is 3. The molecule has 3 aliphatic rings. The lowest BCUT2D eigenvalue weighted by molar-refractivity contribution is -0.274. The van der Waals surface area contributed by atoms with Crippen LogP contribution in [0.25, 0.3) is 0 Å². The third kappa shape index (κ3) is 9.88. The number of methoxy groups -OCH3 is 1. The fraction of sp³-hybridized carbons (Fsp3) is 0.472. The average molecular weight is 794 g/mol. The maximum Gasteiger partial charge on any atom is 0.573 e. The van der Waals surface area contributed by atoms with Gasteiger partial charge in [-0.2, -0.15) is 0 Å². The number of aromatic nitrogens is 2. The van der Waals surface area contributed by atoms with Gasteiger partial charge in [0, 0.05) is 57.5 Å². The molecule has 56 heavy (non-hydrogen) atoms. The number of carbonyl (C=O) groups is 1. The third-order valence-electron chi connectivity index (χ3n) is 9.49. The highest BCUT2D eigenvalue weighted by molar-refractivity contribution is 5.79. The second-order valence-electron chi connectivity index (χ2n) is 13.4. The van der Waals surface area contributed by atoms with E-state index in [-0.39, 0.29) is 24.2 Å². The van der Waals surface area contributed by atoms with Gasteiger partial charge < -0.3 is 59.7 Å². The summed E-state index contributed by atoms with van der Waals surface area (Å²) in [4.78, 5) is 40.8. The Kier molecular flexibility index (Phi) is 12.7. The molecule has 17 nitrogen and oxygen atoms in total. The van der Waals surface area contributed by atoms with Gasteiger partial charge in [-0.15, -0.1) is 13.2 Å². The standard InChI is InChI=1S/C36H42F3N5O12/c1-51-29-28(48)33(44-15-12-26(46)42-35(44)50)54-30(29)31(32(40)49)55-34-27(47)25(45)16-24(53-34)18-41-17-19-2-4-20(5-3-19)43-13-10-22(11-14-43)52-21-6-8-23(9-7-21)56-36(37,38)39/h2-9,12,15-16,22,25,27-31,33-34,41,45,47-48H,10-11,13-14,17-18H2,1H3,(H2,40,49)(H,42,46,50)/t25-,27-,28+,29-,30-,31+,33+,34+/m0/s1. The van der Waals surface area contributed by atoms with Gasteiger partial charge in [0.15, 0.2) is 12.3 Å². The number of anilines is 1. The molecule has 0 spiro atoms. The first-order valence-electron chi connectivity index (χ1n) is 17.6. The number of hydrogen-bond donors (Lipinski definition) is 6. The van der Waals surface area contributed by atoms with Crippen LogP contribution in [0.1, 0.15) is 24.6 Å². The molecule has 8 atom stereocenters. The van der Waals surface area contributed by atoms with Crippen LogP contribution in [0.5, 0.6) is 11.5 Å². The van der Waals surface area contributed by atoms with Crippen molar-refractivity contribution in [3.05, 3.63) is 99.0 Å². The van der Waals surface area contributed by atoms with E-state index in [2.05, 4.69) is 15.0 Å². The summed E-state index contributed by atoms with van der Waals surface area (Å²) in [5.74, 6) is -0.735. The average Bonchev–Trinajstić information content (AvgIpc) is 3.48. The van der Waals surface area contributed by atoms with Crippen LogP contribution in [-0.4, -0.2) is 113 Å². The molecule has 2 aromatic carbocycles. The van der Waals surface area contributed by atoms with Crippen LogP contribution in [0.4, 0.5) is 18.9 Å². The summed E-state index contributed by atoms with van der Waals surface area (Å²) < 4.78 is 70.8. The SMILES string of the molecule is CO[C@H]1[C@@H](O)[C@H](n2ccc(=O)[nH]c2=O)O[C@@H]1[C@@H](O[C@H]1OC(CNCc2ccc(N3CCC(Oc4ccc(OC(F)(F)F)cc4)CC3)cc2)=C[C@H](O)[C@@H]1O)C(N)=O. The van der Waals surface area contributed by atoms with Gasteiger partial charge in [0.1, 0.15) is 53.9 Å². The van der Waals surface area contributed by atoms with E-state index >= 15 is 0 Å².